The Kier molecular flexibility index (Phi) is 4.05. The van der Waals surface area contributed by atoms with Crippen molar-refractivity contribution in [2.45, 2.75) is 0 Å². The van der Waals surface area contributed by atoms with Crippen molar-refractivity contribution in [3.8, 4) is 11.5 Å². The summed E-state index contributed by atoms with van der Waals surface area (Å²) in [5.74, 6) is -0.228. The average Bonchev–Trinajstić information content (AvgIpc) is 2.46. The van der Waals surface area contributed by atoms with Gasteiger partial charge in [0.1, 0.15) is 11.5 Å². The number of rotatable bonds is 4. The molecular weight excluding hydrogens is 256 g/mol. The maximum atomic E-state index is 10.7. The summed E-state index contributed by atoms with van der Waals surface area (Å²) >= 11 is 0. The lowest BCUT2D eigenvalue weighted by atomic mass is 10.1. The second-order valence-corrected chi connectivity index (χ2v) is 4.19. The van der Waals surface area contributed by atoms with E-state index in [1.807, 2.05) is 12.2 Å². The molecule has 20 heavy (non-hydrogen) atoms. The zero-order chi connectivity index (χ0) is 14.5. The predicted molar refractivity (Wildman–Crippen MR) is 77.0 cm³/mol. The van der Waals surface area contributed by atoms with Crippen LogP contribution in [0.3, 0.4) is 0 Å². The number of phenolic OH excluding ortho intramolecular Hbond substituents is 1. The third kappa shape index (κ3) is 3.17. The predicted octanol–water partition coefficient (Wildman–Crippen LogP) is 3.27. The molecule has 0 unspecified atom stereocenters. The second-order valence-electron chi connectivity index (χ2n) is 4.19. The van der Waals surface area contributed by atoms with Crippen molar-refractivity contribution in [1.82, 2.24) is 0 Å². The molecule has 0 radical (unpaired) electrons. The largest absolute Gasteiger partial charge is 0.508 e. The van der Waals surface area contributed by atoms with Crippen LogP contribution in [0.2, 0.25) is 0 Å². The van der Waals surface area contributed by atoms with Gasteiger partial charge < -0.3 is 14.9 Å². The maximum Gasteiger partial charge on any atom is 0.335 e. The second kappa shape index (κ2) is 5.93. The molecule has 0 aliphatic carbocycles. The van der Waals surface area contributed by atoms with Gasteiger partial charge in [-0.2, -0.15) is 0 Å². The number of ether oxygens (including phenoxy) is 1. The zero-order valence-corrected chi connectivity index (χ0v) is 10.9. The van der Waals surface area contributed by atoms with Crippen LogP contribution in [0.4, 0.5) is 0 Å². The third-order valence-corrected chi connectivity index (χ3v) is 2.83. The van der Waals surface area contributed by atoms with Gasteiger partial charge in [0.15, 0.2) is 0 Å². The third-order valence-electron chi connectivity index (χ3n) is 2.83. The lowest BCUT2D eigenvalue weighted by Crippen LogP contribution is -1.94. The Hall–Kier alpha value is -2.75. The van der Waals surface area contributed by atoms with E-state index in [4.69, 9.17) is 9.84 Å². The van der Waals surface area contributed by atoms with Crippen molar-refractivity contribution in [3.05, 3.63) is 59.2 Å². The molecule has 2 N–H and O–H groups in total. The minimum absolute atomic E-state index is 0.143. The lowest BCUT2D eigenvalue weighted by Gasteiger charge is -2.05. The summed E-state index contributed by atoms with van der Waals surface area (Å²) in [6.45, 7) is 0. The first kappa shape index (κ1) is 13.7. The highest BCUT2D eigenvalue weighted by molar-refractivity contribution is 5.88. The topological polar surface area (TPSA) is 66.8 Å². The number of carbonyl (C=O) groups is 1. The van der Waals surface area contributed by atoms with E-state index in [1.54, 1.807) is 36.4 Å². The first-order valence-electron chi connectivity index (χ1n) is 5.98. The van der Waals surface area contributed by atoms with E-state index in [2.05, 4.69) is 0 Å². The van der Waals surface area contributed by atoms with Crippen LogP contribution in [-0.2, 0) is 0 Å². The molecule has 0 saturated carbocycles. The van der Waals surface area contributed by atoms with Gasteiger partial charge in [0.25, 0.3) is 0 Å². The van der Waals surface area contributed by atoms with E-state index >= 15 is 0 Å². The fourth-order valence-electron chi connectivity index (χ4n) is 1.76. The summed E-state index contributed by atoms with van der Waals surface area (Å²) in [5, 5.41) is 18.2. The molecule has 102 valence electrons. The van der Waals surface area contributed by atoms with Gasteiger partial charge >= 0.3 is 5.97 Å². The van der Waals surface area contributed by atoms with E-state index in [1.165, 1.54) is 13.2 Å². The van der Waals surface area contributed by atoms with Crippen LogP contribution in [0.1, 0.15) is 21.5 Å². The molecule has 0 fully saturated rings. The van der Waals surface area contributed by atoms with E-state index in [0.29, 0.717) is 5.75 Å². The number of aromatic hydroxyl groups is 1. The summed E-state index contributed by atoms with van der Waals surface area (Å²) in [4.78, 5) is 10.7. The molecule has 4 nitrogen and oxygen atoms in total. The van der Waals surface area contributed by atoms with Crippen LogP contribution in [0.25, 0.3) is 12.2 Å². The van der Waals surface area contributed by atoms with Crippen LogP contribution < -0.4 is 4.74 Å². The number of phenols is 1. The van der Waals surface area contributed by atoms with Crippen LogP contribution in [0.15, 0.2) is 42.5 Å². The molecule has 0 bridgehead atoms. The standard InChI is InChI=1S/C16H14O4/c1-20-15-10-14(17)9-8-12(15)5-2-11-3-6-13(7-4-11)16(18)19/h2-10,17H,1H3,(H,18,19). The highest BCUT2D eigenvalue weighted by Gasteiger charge is 2.02. The summed E-state index contributed by atoms with van der Waals surface area (Å²) in [5.41, 5.74) is 1.96. The Balaban J connectivity index is 2.23. The Labute approximate surface area is 116 Å². The summed E-state index contributed by atoms with van der Waals surface area (Å²) in [6, 6.07) is 11.4. The zero-order valence-electron chi connectivity index (χ0n) is 10.9. The van der Waals surface area contributed by atoms with Gasteiger partial charge in [-0.1, -0.05) is 24.3 Å². The number of methoxy groups -OCH3 is 1. The van der Waals surface area contributed by atoms with Crippen molar-refractivity contribution in [2.75, 3.05) is 7.11 Å². The molecule has 2 aromatic rings. The van der Waals surface area contributed by atoms with E-state index in [0.717, 1.165) is 11.1 Å². The van der Waals surface area contributed by atoms with Gasteiger partial charge in [-0.3, -0.25) is 0 Å². The smallest absolute Gasteiger partial charge is 0.335 e. The number of aromatic carboxylic acids is 1. The number of carboxylic acid groups (broad SMARTS) is 1. The Morgan fingerprint density at radius 2 is 1.80 bits per heavy atom. The van der Waals surface area contributed by atoms with Crippen molar-refractivity contribution in [1.29, 1.82) is 0 Å². The van der Waals surface area contributed by atoms with Crippen molar-refractivity contribution in [2.24, 2.45) is 0 Å². The number of benzene rings is 2. The van der Waals surface area contributed by atoms with E-state index in [-0.39, 0.29) is 11.3 Å². The molecule has 0 saturated heterocycles. The van der Waals surface area contributed by atoms with Crippen LogP contribution in [0, 0.1) is 0 Å². The van der Waals surface area contributed by atoms with Crippen molar-refractivity contribution in [3.63, 3.8) is 0 Å². The summed E-state index contributed by atoms with van der Waals surface area (Å²) in [6.07, 6.45) is 3.69. The van der Waals surface area contributed by atoms with Gasteiger partial charge in [-0.05, 0) is 29.8 Å². The number of hydrogen-bond donors (Lipinski definition) is 2. The molecule has 0 aromatic heterocycles. The highest BCUT2D eigenvalue weighted by atomic mass is 16.5. The summed E-state index contributed by atoms with van der Waals surface area (Å²) < 4.78 is 5.18. The number of hydrogen-bond acceptors (Lipinski definition) is 3. The van der Waals surface area contributed by atoms with Crippen LogP contribution in [0.5, 0.6) is 11.5 Å². The normalized spacial score (nSPS) is 10.7. The van der Waals surface area contributed by atoms with Gasteiger partial charge in [-0.25, -0.2) is 4.79 Å². The first-order valence-corrected chi connectivity index (χ1v) is 5.98. The Morgan fingerprint density at radius 1 is 1.10 bits per heavy atom. The minimum Gasteiger partial charge on any atom is -0.508 e. The average molecular weight is 270 g/mol. The molecular formula is C16H14O4. The fourth-order valence-corrected chi connectivity index (χ4v) is 1.76. The molecule has 0 aliphatic rings. The highest BCUT2D eigenvalue weighted by Crippen LogP contribution is 2.25. The van der Waals surface area contributed by atoms with Gasteiger partial charge in [0.05, 0.1) is 12.7 Å². The SMILES string of the molecule is COc1cc(O)ccc1C=Cc1ccc(C(=O)O)cc1. The molecule has 0 amide bonds. The lowest BCUT2D eigenvalue weighted by molar-refractivity contribution is 0.0697. The van der Waals surface area contributed by atoms with Gasteiger partial charge in [0.2, 0.25) is 0 Å². The molecule has 0 spiro atoms. The van der Waals surface area contributed by atoms with E-state index < -0.39 is 5.97 Å². The van der Waals surface area contributed by atoms with Gasteiger partial charge in [0, 0.05) is 11.6 Å². The molecule has 0 heterocycles. The quantitative estimate of drug-likeness (QED) is 0.837. The maximum absolute atomic E-state index is 10.7. The minimum atomic E-state index is -0.944. The fraction of sp³-hybridized carbons (Fsp3) is 0.0625. The Bertz CT molecular complexity index is 642. The van der Waals surface area contributed by atoms with E-state index in [9.17, 15) is 9.90 Å². The molecule has 4 heteroatoms. The Morgan fingerprint density at radius 3 is 2.40 bits per heavy atom. The van der Waals surface area contributed by atoms with Crippen LogP contribution in [-0.4, -0.2) is 23.3 Å². The number of carboxylic acids is 1. The first-order chi connectivity index (χ1) is 9.60. The monoisotopic (exact) mass is 270 g/mol. The van der Waals surface area contributed by atoms with Crippen molar-refractivity contribution >= 4 is 18.1 Å². The molecule has 0 atom stereocenters. The van der Waals surface area contributed by atoms with Crippen LogP contribution >= 0.6 is 0 Å². The van der Waals surface area contributed by atoms with Crippen molar-refractivity contribution < 1.29 is 19.7 Å². The molecule has 2 rings (SSSR count). The van der Waals surface area contributed by atoms with Gasteiger partial charge in [-0.15, -0.1) is 0 Å². The molecule has 0 aliphatic heterocycles. The summed E-state index contributed by atoms with van der Waals surface area (Å²) in [7, 11) is 1.54. The molecule has 2 aromatic carbocycles.